The Bertz CT molecular complexity index is 879. The fraction of sp³-hybridized carbons (Fsp3) is 0.200. The van der Waals surface area contributed by atoms with Gasteiger partial charge in [-0.3, -0.25) is 14.9 Å². The molecule has 1 amide bonds. The number of halogens is 1. The lowest BCUT2D eigenvalue weighted by atomic mass is 10.2. The molecular weight excluding hydrogens is 416 g/mol. The number of esters is 1. The van der Waals surface area contributed by atoms with Gasteiger partial charge in [-0.15, -0.1) is 0 Å². The minimum absolute atomic E-state index is 0.370. The first-order chi connectivity index (χ1) is 12.4. The molecule has 1 aliphatic heterocycles. The molecule has 0 radical (unpaired) electrons. The van der Waals surface area contributed by atoms with Crippen molar-refractivity contribution in [3.05, 3.63) is 44.6 Å². The number of benzene rings is 1. The third kappa shape index (κ3) is 3.94. The van der Waals surface area contributed by atoms with E-state index < -0.39 is 29.3 Å². The maximum absolute atomic E-state index is 12.0. The molecule has 10 nitrogen and oxygen atoms in total. The van der Waals surface area contributed by atoms with Crippen LogP contribution in [0.2, 0.25) is 0 Å². The summed E-state index contributed by atoms with van der Waals surface area (Å²) in [5.41, 5.74) is 0.406. The van der Waals surface area contributed by atoms with Gasteiger partial charge < -0.3 is 23.9 Å². The van der Waals surface area contributed by atoms with E-state index in [-0.39, 0.29) is 5.76 Å². The Kier molecular flexibility index (Phi) is 5.07. The minimum Gasteiger partial charge on any atom is -0.486 e. The Morgan fingerprint density at radius 3 is 2.58 bits per heavy atom. The van der Waals surface area contributed by atoms with Crippen molar-refractivity contribution in [1.82, 2.24) is 0 Å². The van der Waals surface area contributed by atoms with Gasteiger partial charge in [0.25, 0.3) is 5.91 Å². The number of hydrogen-bond acceptors (Lipinski definition) is 8. The molecule has 1 N–H and O–H groups in total. The summed E-state index contributed by atoms with van der Waals surface area (Å²) in [6.45, 7) is 0.231. The Hall–Kier alpha value is -3.08. The third-order valence-electron chi connectivity index (χ3n) is 3.21. The SMILES string of the molecule is O=C(COC(=O)c1ccc([N+](=O)[O-])o1)Nc1cc2c(cc1Br)OCCO2. The number of nitro groups is 1. The van der Waals surface area contributed by atoms with E-state index in [9.17, 15) is 19.7 Å². The quantitative estimate of drug-likeness (QED) is 0.438. The van der Waals surface area contributed by atoms with Crippen molar-refractivity contribution in [3.8, 4) is 11.5 Å². The second-order valence-corrected chi connectivity index (χ2v) is 5.85. The van der Waals surface area contributed by atoms with Crippen LogP contribution in [0.1, 0.15) is 10.6 Å². The average molecular weight is 427 g/mol. The number of anilines is 1. The lowest BCUT2D eigenvalue weighted by Gasteiger charge is -2.20. The largest absolute Gasteiger partial charge is 0.486 e. The molecule has 0 saturated heterocycles. The van der Waals surface area contributed by atoms with Crippen LogP contribution in [0.25, 0.3) is 0 Å². The highest BCUT2D eigenvalue weighted by atomic mass is 79.9. The second kappa shape index (κ2) is 7.44. The van der Waals surface area contributed by atoms with Crippen LogP contribution < -0.4 is 14.8 Å². The standard InChI is InChI=1S/C15H11BrN2O8/c16-8-5-11-12(24-4-3-23-11)6-9(8)17-13(19)7-25-15(20)10-1-2-14(26-10)18(21)22/h1-2,5-6H,3-4,7H2,(H,17,19). The van der Waals surface area contributed by atoms with Crippen LogP contribution in [0.5, 0.6) is 11.5 Å². The Balaban J connectivity index is 1.58. The molecule has 1 aromatic heterocycles. The van der Waals surface area contributed by atoms with Crippen molar-refractivity contribution in [2.45, 2.75) is 0 Å². The van der Waals surface area contributed by atoms with Crippen LogP contribution in [0, 0.1) is 10.1 Å². The molecule has 0 aliphatic carbocycles. The van der Waals surface area contributed by atoms with Gasteiger partial charge in [0, 0.05) is 16.6 Å². The predicted octanol–water partition coefficient (Wildman–Crippen LogP) is 2.52. The number of nitrogens with zero attached hydrogens (tertiary/aromatic N) is 1. The number of carbonyl (C=O) groups is 2. The maximum atomic E-state index is 12.0. The van der Waals surface area contributed by atoms with Crippen molar-refractivity contribution in [1.29, 1.82) is 0 Å². The highest BCUT2D eigenvalue weighted by molar-refractivity contribution is 9.10. The normalized spacial score (nSPS) is 12.3. The zero-order chi connectivity index (χ0) is 18.7. The first-order valence-corrected chi connectivity index (χ1v) is 8.03. The summed E-state index contributed by atoms with van der Waals surface area (Å²) in [6.07, 6.45) is 0. The first kappa shape index (κ1) is 17.7. The van der Waals surface area contributed by atoms with Gasteiger partial charge in [0.2, 0.25) is 5.76 Å². The summed E-state index contributed by atoms with van der Waals surface area (Å²) in [6, 6.07) is 5.34. The van der Waals surface area contributed by atoms with E-state index in [1.165, 1.54) is 0 Å². The molecule has 0 spiro atoms. The molecule has 2 aromatic rings. The molecule has 136 valence electrons. The van der Waals surface area contributed by atoms with E-state index in [1.807, 2.05) is 0 Å². The Morgan fingerprint density at radius 1 is 1.23 bits per heavy atom. The van der Waals surface area contributed by atoms with Gasteiger partial charge in [0.1, 0.15) is 18.1 Å². The third-order valence-corrected chi connectivity index (χ3v) is 3.87. The molecule has 11 heteroatoms. The molecule has 0 unspecified atom stereocenters. The highest BCUT2D eigenvalue weighted by Crippen LogP contribution is 2.38. The average Bonchev–Trinajstić information content (AvgIpc) is 3.11. The van der Waals surface area contributed by atoms with Crippen LogP contribution in [0.4, 0.5) is 11.6 Å². The molecule has 0 fully saturated rings. The van der Waals surface area contributed by atoms with Crippen LogP contribution in [0.15, 0.2) is 33.2 Å². The van der Waals surface area contributed by atoms with Gasteiger partial charge in [-0.25, -0.2) is 4.79 Å². The van der Waals surface area contributed by atoms with Crippen LogP contribution in [0.3, 0.4) is 0 Å². The number of rotatable bonds is 5. The molecular formula is C15H11BrN2O8. The Morgan fingerprint density at radius 2 is 1.92 bits per heavy atom. The van der Waals surface area contributed by atoms with Gasteiger partial charge in [0.05, 0.1) is 11.8 Å². The molecule has 26 heavy (non-hydrogen) atoms. The monoisotopic (exact) mass is 426 g/mol. The maximum Gasteiger partial charge on any atom is 0.433 e. The van der Waals surface area contributed by atoms with Crippen LogP contribution in [-0.2, 0) is 9.53 Å². The van der Waals surface area contributed by atoms with Crippen molar-refractivity contribution in [2.24, 2.45) is 0 Å². The number of nitrogens with one attached hydrogen (secondary N) is 1. The number of carbonyl (C=O) groups excluding carboxylic acids is 2. The summed E-state index contributed by atoms with van der Waals surface area (Å²) in [7, 11) is 0. The van der Waals surface area contributed by atoms with E-state index in [4.69, 9.17) is 18.6 Å². The van der Waals surface area contributed by atoms with Crippen molar-refractivity contribution in [3.63, 3.8) is 0 Å². The Labute approximate surface area is 154 Å². The van der Waals surface area contributed by atoms with Gasteiger partial charge in [-0.05, 0) is 22.0 Å². The summed E-state index contributed by atoms with van der Waals surface area (Å²) < 4.78 is 20.9. The number of hydrogen-bond donors (Lipinski definition) is 1. The van der Waals surface area contributed by atoms with Crippen LogP contribution in [-0.4, -0.2) is 36.6 Å². The number of amides is 1. The molecule has 0 atom stereocenters. The predicted molar refractivity (Wildman–Crippen MR) is 89.4 cm³/mol. The van der Waals surface area contributed by atoms with Crippen molar-refractivity contribution >= 4 is 39.4 Å². The molecule has 2 heterocycles. The summed E-state index contributed by atoms with van der Waals surface area (Å²) in [4.78, 5) is 33.4. The fourth-order valence-corrected chi connectivity index (χ4v) is 2.51. The van der Waals surface area contributed by atoms with Crippen LogP contribution >= 0.6 is 15.9 Å². The van der Waals surface area contributed by atoms with E-state index in [1.54, 1.807) is 12.1 Å². The van der Waals surface area contributed by atoms with Crippen molar-refractivity contribution in [2.75, 3.05) is 25.1 Å². The smallest absolute Gasteiger partial charge is 0.433 e. The number of ether oxygens (including phenoxy) is 3. The summed E-state index contributed by atoms with van der Waals surface area (Å²) in [5, 5.41) is 13.1. The fourth-order valence-electron chi connectivity index (χ4n) is 2.08. The van der Waals surface area contributed by atoms with E-state index in [0.717, 1.165) is 12.1 Å². The zero-order valence-electron chi connectivity index (χ0n) is 13.0. The number of fused-ring (bicyclic) bond motifs is 1. The minimum atomic E-state index is -0.991. The highest BCUT2D eigenvalue weighted by Gasteiger charge is 2.20. The van der Waals surface area contributed by atoms with Gasteiger partial charge in [0.15, 0.2) is 18.1 Å². The second-order valence-electron chi connectivity index (χ2n) is 5.00. The van der Waals surface area contributed by atoms with Crippen molar-refractivity contribution < 1.29 is 33.1 Å². The summed E-state index contributed by atoms with van der Waals surface area (Å²) >= 11 is 3.30. The first-order valence-electron chi connectivity index (χ1n) is 7.24. The van der Waals surface area contributed by atoms with E-state index in [2.05, 4.69) is 21.2 Å². The van der Waals surface area contributed by atoms with E-state index >= 15 is 0 Å². The lowest BCUT2D eigenvalue weighted by molar-refractivity contribution is -0.402. The van der Waals surface area contributed by atoms with Gasteiger partial charge >= 0.3 is 11.9 Å². The topological polar surface area (TPSA) is 130 Å². The van der Waals surface area contributed by atoms with E-state index in [0.29, 0.717) is 34.9 Å². The van der Waals surface area contributed by atoms with Gasteiger partial charge in [-0.2, -0.15) is 0 Å². The zero-order valence-corrected chi connectivity index (χ0v) is 14.6. The molecule has 3 rings (SSSR count). The molecule has 1 aromatic carbocycles. The molecule has 1 aliphatic rings. The number of furan rings is 1. The summed E-state index contributed by atoms with van der Waals surface area (Å²) in [5.74, 6) is -1.54. The lowest BCUT2D eigenvalue weighted by Crippen LogP contribution is -2.21. The van der Waals surface area contributed by atoms with Gasteiger partial charge in [-0.1, -0.05) is 0 Å². The molecule has 0 saturated carbocycles. The molecule has 0 bridgehead atoms.